The Labute approximate surface area is 71.5 Å². The average molecular weight is 168 g/mol. The smallest absolute Gasteiger partial charge is 0.0322 e. The normalized spacial score (nSPS) is 11.6. The van der Waals surface area contributed by atoms with Crippen LogP contribution in [0.4, 0.5) is 0 Å². The largest absolute Gasteiger partial charge is 0.326 e. The minimum absolute atomic E-state index is 0.399. The molecular weight excluding hydrogens is 158 g/mol. The van der Waals surface area contributed by atoms with Gasteiger partial charge in [-0.05, 0) is 11.6 Å². The molecule has 0 aliphatic carbocycles. The van der Waals surface area contributed by atoms with E-state index in [9.17, 15) is 0 Å². The van der Waals surface area contributed by atoms with E-state index in [-0.39, 0.29) is 0 Å². The van der Waals surface area contributed by atoms with Crippen LogP contribution < -0.4 is 5.73 Å². The van der Waals surface area contributed by atoms with Crippen molar-refractivity contribution in [3.05, 3.63) is 40.9 Å². The summed E-state index contributed by atoms with van der Waals surface area (Å²) >= 11 is 5.74. The Balaban J connectivity index is 2.79. The van der Waals surface area contributed by atoms with E-state index in [1.54, 1.807) is 0 Å². The summed E-state index contributed by atoms with van der Waals surface area (Å²) in [6, 6.07) is 9.86. The van der Waals surface area contributed by atoms with Crippen molar-refractivity contribution in [2.45, 2.75) is 0 Å². The average Bonchev–Trinajstić information content (AvgIpc) is 2.06. The van der Waals surface area contributed by atoms with Crippen molar-refractivity contribution in [1.82, 2.24) is 0 Å². The third kappa shape index (κ3) is 2.74. The SMILES string of the molecule is NCC(Cl)=Cc1ccccc1. The minimum Gasteiger partial charge on any atom is -0.326 e. The standard InChI is InChI=1S/C9H10ClN/c10-9(7-11)6-8-4-2-1-3-5-8/h1-6H,7,11H2. The van der Waals surface area contributed by atoms with Crippen LogP contribution >= 0.6 is 11.6 Å². The lowest BCUT2D eigenvalue weighted by Crippen LogP contribution is -1.97. The molecule has 0 aliphatic heterocycles. The molecule has 1 aromatic rings. The van der Waals surface area contributed by atoms with Crippen LogP contribution in [0, 0.1) is 0 Å². The molecule has 0 aliphatic rings. The highest BCUT2D eigenvalue weighted by molar-refractivity contribution is 6.31. The molecule has 11 heavy (non-hydrogen) atoms. The quantitative estimate of drug-likeness (QED) is 0.718. The molecule has 2 N–H and O–H groups in total. The third-order valence-corrected chi connectivity index (χ3v) is 1.58. The van der Waals surface area contributed by atoms with E-state index in [1.165, 1.54) is 0 Å². The Morgan fingerprint density at radius 3 is 2.55 bits per heavy atom. The van der Waals surface area contributed by atoms with Crippen molar-refractivity contribution in [3.63, 3.8) is 0 Å². The lowest BCUT2D eigenvalue weighted by atomic mass is 10.2. The molecule has 0 heterocycles. The van der Waals surface area contributed by atoms with Crippen LogP contribution in [-0.2, 0) is 0 Å². The maximum atomic E-state index is 5.74. The number of rotatable bonds is 2. The fraction of sp³-hybridized carbons (Fsp3) is 0.111. The van der Waals surface area contributed by atoms with Crippen LogP contribution in [0.5, 0.6) is 0 Å². The van der Waals surface area contributed by atoms with E-state index >= 15 is 0 Å². The van der Waals surface area contributed by atoms with Gasteiger partial charge in [0, 0.05) is 11.6 Å². The summed E-state index contributed by atoms with van der Waals surface area (Å²) in [7, 11) is 0. The Hall–Kier alpha value is -0.790. The zero-order valence-corrected chi connectivity index (χ0v) is 6.88. The minimum atomic E-state index is 0.399. The lowest BCUT2D eigenvalue weighted by molar-refractivity contribution is 1.24. The van der Waals surface area contributed by atoms with Gasteiger partial charge in [0.05, 0.1) is 0 Å². The molecule has 0 spiro atoms. The Bertz CT molecular complexity index is 241. The van der Waals surface area contributed by atoms with Gasteiger partial charge in [-0.15, -0.1) is 0 Å². The molecule has 0 aromatic heterocycles. The molecule has 0 unspecified atom stereocenters. The predicted molar refractivity (Wildman–Crippen MR) is 49.3 cm³/mol. The molecule has 2 heteroatoms. The Morgan fingerprint density at radius 2 is 2.00 bits per heavy atom. The second-order valence-corrected chi connectivity index (χ2v) is 2.69. The number of nitrogens with two attached hydrogens (primary N) is 1. The molecule has 1 rings (SSSR count). The van der Waals surface area contributed by atoms with E-state index < -0.39 is 0 Å². The number of hydrogen-bond acceptors (Lipinski definition) is 1. The van der Waals surface area contributed by atoms with Gasteiger partial charge in [-0.3, -0.25) is 0 Å². The van der Waals surface area contributed by atoms with Gasteiger partial charge >= 0.3 is 0 Å². The van der Waals surface area contributed by atoms with Gasteiger partial charge in [0.15, 0.2) is 0 Å². The monoisotopic (exact) mass is 167 g/mol. The first-order valence-electron chi connectivity index (χ1n) is 3.44. The third-order valence-electron chi connectivity index (χ3n) is 1.32. The molecule has 58 valence electrons. The molecule has 0 atom stereocenters. The summed E-state index contributed by atoms with van der Waals surface area (Å²) in [6.45, 7) is 0.399. The van der Waals surface area contributed by atoms with Gasteiger partial charge in [0.1, 0.15) is 0 Å². The molecule has 1 aromatic carbocycles. The zero-order valence-electron chi connectivity index (χ0n) is 6.13. The van der Waals surface area contributed by atoms with Crippen molar-refractivity contribution >= 4 is 17.7 Å². The van der Waals surface area contributed by atoms with Crippen molar-refractivity contribution in [2.24, 2.45) is 5.73 Å². The van der Waals surface area contributed by atoms with Gasteiger partial charge in [-0.2, -0.15) is 0 Å². The van der Waals surface area contributed by atoms with Crippen LogP contribution in [0.15, 0.2) is 35.4 Å². The van der Waals surface area contributed by atoms with Gasteiger partial charge in [0.2, 0.25) is 0 Å². The van der Waals surface area contributed by atoms with Crippen molar-refractivity contribution in [3.8, 4) is 0 Å². The van der Waals surface area contributed by atoms with Crippen molar-refractivity contribution in [1.29, 1.82) is 0 Å². The highest BCUT2D eigenvalue weighted by atomic mass is 35.5. The Kier molecular flexibility index (Phi) is 3.14. The topological polar surface area (TPSA) is 26.0 Å². The van der Waals surface area contributed by atoms with Crippen LogP contribution in [0.25, 0.3) is 6.08 Å². The summed E-state index contributed by atoms with van der Waals surface area (Å²) in [5.74, 6) is 0. The van der Waals surface area contributed by atoms with Gasteiger partial charge < -0.3 is 5.73 Å². The summed E-state index contributed by atoms with van der Waals surface area (Å²) in [4.78, 5) is 0. The predicted octanol–water partition coefficient (Wildman–Crippen LogP) is 2.23. The van der Waals surface area contributed by atoms with Crippen LogP contribution in [0.2, 0.25) is 0 Å². The highest BCUT2D eigenvalue weighted by Gasteiger charge is 1.87. The second-order valence-electron chi connectivity index (χ2n) is 2.21. The van der Waals surface area contributed by atoms with Gasteiger partial charge in [-0.1, -0.05) is 41.9 Å². The number of hydrogen-bond donors (Lipinski definition) is 1. The van der Waals surface area contributed by atoms with Crippen molar-refractivity contribution in [2.75, 3.05) is 6.54 Å². The first kappa shape index (κ1) is 8.31. The maximum Gasteiger partial charge on any atom is 0.0322 e. The first-order valence-corrected chi connectivity index (χ1v) is 3.82. The molecule has 1 nitrogen and oxygen atoms in total. The second kappa shape index (κ2) is 4.16. The fourth-order valence-corrected chi connectivity index (χ4v) is 0.915. The number of halogens is 1. The van der Waals surface area contributed by atoms with E-state index in [2.05, 4.69) is 0 Å². The van der Waals surface area contributed by atoms with Crippen LogP contribution in [-0.4, -0.2) is 6.54 Å². The number of benzene rings is 1. The van der Waals surface area contributed by atoms with Crippen LogP contribution in [0.1, 0.15) is 5.56 Å². The summed E-state index contributed by atoms with van der Waals surface area (Å²) < 4.78 is 0. The highest BCUT2D eigenvalue weighted by Crippen LogP contribution is 2.07. The molecule has 0 saturated carbocycles. The van der Waals surface area contributed by atoms with Gasteiger partial charge in [-0.25, -0.2) is 0 Å². The summed E-state index contributed by atoms with van der Waals surface area (Å²) in [6.07, 6.45) is 1.86. The van der Waals surface area contributed by atoms with E-state index in [1.807, 2.05) is 36.4 Å². The maximum absolute atomic E-state index is 5.74. The molecule has 0 radical (unpaired) electrons. The fourth-order valence-electron chi connectivity index (χ4n) is 0.789. The lowest BCUT2D eigenvalue weighted by Gasteiger charge is -1.93. The molecule has 0 fully saturated rings. The zero-order chi connectivity index (χ0) is 8.10. The summed E-state index contributed by atoms with van der Waals surface area (Å²) in [5.41, 5.74) is 6.41. The van der Waals surface area contributed by atoms with E-state index in [0.717, 1.165) is 5.56 Å². The summed E-state index contributed by atoms with van der Waals surface area (Å²) in [5, 5.41) is 0.677. The first-order chi connectivity index (χ1) is 5.33. The van der Waals surface area contributed by atoms with Gasteiger partial charge in [0.25, 0.3) is 0 Å². The molecule has 0 saturated heterocycles. The Morgan fingerprint density at radius 1 is 1.36 bits per heavy atom. The molecule has 0 bridgehead atoms. The van der Waals surface area contributed by atoms with E-state index in [0.29, 0.717) is 11.6 Å². The molecular formula is C9H10ClN. The van der Waals surface area contributed by atoms with E-state index in [4.69, 9.17) is 17.3 Å². The molecule has 0 amide bonds. The van der Waals surface area contributed by atoms with Crippen molar-refractivity contribution < 1.29 is 0 Å². The van der Waals surface area contributed by atoms with Crippen LogP contribution in [0.3, 0.4) is 0 Å².